The van der Waals surface area contributed by atoms with E-state index in [1.165, 1.54) is 0 Å². The molecule has 4 heteroatoms. The van der Waals surface area contributed by atoms with Crippen molar-refractivity contribution < 1.29 is 4.42 Å². The molecule has 0 radical (unpaired) electrons. The van der Waals surface area contributed by atoms with Crippen molar-refractivity contribution in [1.82, 2.24) is 0 Å². The molecule has 0 fully saturated rings. The SMILES string of the molecule is Cc1ccc(C#N)cc1NCc1ccc(Cl)o1. The Kier molecular flexibility index (Phi) is 3.36. The van der Waals surface area contributed by atoms with Gasteiger partial charge < -0.3 is 9.73 Å². The summed E-state index contributed by atoms with van der Waals surface area (Å²) in [4.78, 5) is 0. The number of nitrogens with one attached hydrogen (secondary N) is 1. The Hall–Kier alpha value is -1.92. The van der Waals surface area contributed by atoms with Gasteiger partial charge in [0.2, 0.25) is 0 Å². The number of halogens is 1. The summed E-state index contributed by atoms with van der Waals surface area (Å²) >= 11 is 5.68. The van der Waals surface area contributed by atoms with Crippen molar-refractivity contribution in [1.29, 1.82) is 5.26 Å². The molecule has 0 saturated carbocycles. The smallest absolute Gasteiger partial charge is 0.193 e. The van der Waals surface area contributed by atoms with Crippen LogP contribution < -0.4 is 5.32 Å². The van der Waals surface area contributed by atoms with E-state index >= 15 is 0 Å². The van der Waals surface area contributed by atoms with E-state index in [0.717, 1.165) is 17.0 Å². The zero-order valence-corrected chi connectivity index (χ0v) is 10.1. The van der Waals surface area contributed by atoms with Crippen molar-refractivity contribution in [3.8, 4) is 6.07 Å². The molecular formula is C13H11ClN2O. The average molecular weight is 247 g/mol. The summed E-state index contributed by atoms with van der Waals surface area (Å²) in [5.41, 5.74) is 2.65. The second-order valence-electron chi connectivity index (χ2n) is 3.70. The first-order valence-corrected chi connectivity index (χ1v) is 5.55. The van der Waals surface area contributed by atoms with Crippen LogP contribution in [0.4, 0.5) is 5.69 Å². The van der Waals surface area contributed by atoms with Crippen LogP contribution >= 0.6 is 11.6 Å². The lowest BCUT2D eigenvalue weighted by molar-refractivity contribution is 0.520. The third kappa shape index (κ3) is 2.80. The number of rotatable bonds is 3. The number of benzene rings is 1. The minimum Gasteiger partial charge on any atom is -0.448 e. The number of furan rings is 1. The average Bonchev–Trinajstić information content (AvgIpc) is 2.74. The fourth-order valence-electron chi connectivity index (χ4n) is 1.51. The van der Waals surface area contributed by atoms with Crippen molar-refractivity contribution in [3.63, 3.8) is 0 Å². The minimum atomic E-state index is 0.379. The predicted molar refractivity (Wildman–Crippen MR) is 66.9 cm³/mol. The molecule has 0 unspecified atom stereocenters. The van der Waals surface area contributed by atoms with Crippen molar-refractivity contribution in [2.45, 2.75) is 13.5 Å². The Morgan fingerprint density at radius 2 is 2.18 bits per heavy atom. The molecule has 3 nitrogen and oxygen atoms in total. The first-order chi connectivity index (χ1) is 8.19. The number of nitriles is 1. The lowest BCUT2D eigenvalue weighted by atomic mass is 10.1. The van der Waals surface area contributed by atoms with Crippen molar-refractivity contribution >= 4 is 17.3 Å². The van der Waals surface area contributed by atoms with Crippen molar-refractivity contribution in [3.05, 3.63) is 52.4 Å². The van der Waals surface area contributed by atoms with Gasteiger partial charge in [0.05, 0.1) is 18.2 Å². The number of hydrogen-bond acceptors (Lipinski definition) is 3. The van der Waals surface area contributed by atoms with Gasteiger partial charge in [0.25, 0.3) is 0 Å². The normalized spacial score (nSPS) is 9.94. The largest absolute Gasteiger partial charge is 0.448 e. The first kappa shape index (κ1) is 11.6. The van der Waals surface area contributed by atoms with Crippen molar-refractivity contribution in [2.24, 2.45) is 0 Å². The molecule has 0 amide bonds. The van der Waals surface area contributed by atoms with Gasteiger partial charge in [-0.05, 0) is 48.4 Å². The van der Waals surface area contributed by atoms with E-state index < -0.39 is 0 Å². The van der Waals surface area contributed by atoms with Crippen molar-refractivity contribution in [2.75, 3.05) is 5.32 Å². The Morgan fingerprint density at radius 1 is 1.35 bits per heavy atom. The number of aryl methyl sites for hydroxylation is 1. The molecule has 0 bridgehead atoms. The second-order valence-corrected chi connectivity index (χ2v) is 4.07. The number of anilines is 1. The molecule has 0 spiro atoms. The fraction of sp³-hybridized carbons (Fsp3) is 0.154. The maximum absolute atomic E-state index is 8.83. The highest BCUT2D eigenvalue weighted by Crippen LogP contribution is 2.19. The molecule has 2 rings (SSSR count). The third-order valence-electron chi connectivity index (χ3n) is 2.45. The molecule has 0 aliphatic rings. The topological polar surface area (TPSA) is 49.0 Å². The molecule has 17 heavy (non-hydrogen) atoms. The monoisotopic (exact) mass is 246 g/mol. The summed E-state index contributed by atoms with van der Waals surface area (Å²) in [6, 6.07) is 11.2. The summed E-state index contributed by atoms with van der Waals surface area (Å²) in [7, 11) is 0. The van der Waals surface area contributed by atoms with Crippen LogP contribution in [0, 0.1) is 18.3 Å². The van der Waals surface area contributed by atoms with Gasteiger partial charge in [0, 0.05) is 5.69 Å². The molecule has 86 valence electrons. The van der Waals surface area contributed by atoms with Crippen LogP contribution in [-0.4, -0.2) is 0 Å². The van der Waals surface area contributed by atoms with E-state index in [4.69, 9.17) is 21.3 Å². The molecule has 1 heterocycles. The lowest BCUT2D eigenvalue weighted by Gasteiger charge is -2.08. The maximum Gasteiger partial charge on any atom is 0.193 e. The molecular weight excluding hydrogens is 236 g/mol. The molecule has 1 aromatic heterocycles. The van der Waals surface area contributed by atoms with E-state index in [0.29, 0.717) is 17.3 Å². The number of nitrogens with zero attached hydrogens (tertiary/aromatic N) is 1. The van der Waals surface area contributed by atoms with Crippen LogP contribution in [0.1, 0.15) is 16.9 Å². The van der Waals surface area contributed by atoms with Crippen LogP contribution in [0.25, 0.3) is 0 Å². The summed E-state index contributed by atoms with van der Waals surface area (Å²) in [6.07, 6.45) is 0. The van der Waals surface area contributed by atoms with Crippen LogP contribution in [0.15, 0.2) is 34.7 Å². The van der Waals surface area contributed by atoms with Gasteiger partial charge in [-0.15, -0.1) is 0 Å². The Morgan fingerprint density at radius 3 is 2.82 bits per heavy atom. The minimum absolute atomic E-state index is 0.379. The molecule has 0 aliphatic heterocycles. The van der Waals surface area contributed by atoms with Gasteiger partial charge in [-0.3, -0.25) is 0 Å². The standard InChI is InChI=1S/C13H11ClN2O/c1-9-2-3-10(7-15)6-12(9)16-8-11-4-5-13(14)17-11/h2-6,16H,8H2,1H3. The van der Waals surface area contributed by atoms with Gasteiger partial charge in [-0.2, -0.15) is 5.26 Å². The zero-order chi connectivity index (χ0) is 12.3. The predicted octanol–water partition coefficient (Wildman–Crippen LogP) is 3.73. The Balaban J connectivity index is 2.11. The van der Waals surface area contributed by atoms with E-state index in [1.54, 1.807) is 12.1 Å². The van der Waals surface area contributed by atoms with Gasteiger partial charge in [0.1, 0.15) is 5.76 Å². The van der Waals surface area contributed by atoms with E-state index in [2.05, 4.69) is 11.4 Å². The van der Waals surface area contributed by atoms with Crippen LogP contribution in [0.2, 0.25) is 5.22 Å². The summed E-state index contributed by atoms with van der Waals surface area (Å²) in [5.74, 6) is 0.761. The second kappa shape index (κ2) is 4.94. The highest BCUT2D eigenvalue weighted by atomic mass is 35.5. The van der Waals surface area contributed by atoms with Gasteiger partial charge in [-0.25, -0.2) is 0 Å². The lowest BCUT2D eigenvalue weighted by Crippen LogP contribution is -2.00. The van der Waals surface area contributed by atoms with Gasteiger partial charge >= 0.3 is 0 Å². The molecule has 2 aromatic rings. The molecule has 1 N–H and O–H groups in total. The number of hydrogen-bond donors (Lipinski definition) is 1. The Labute approximate surface area is 105 Å². The van der Waals surface area contributed by atoms with Crippen LogP contribution in [-0.2, 0) is 6.54 Å². The first-order valence-electron chi connectivity index (χ1n) is 5.18. The summed E-state index contributed by atoms with van der Waals surface area (Å²) in [6.45, 7) is 2.53. The van der Waals surface area contributed by atoms with Crippen LogP contribution in [0.3, 0.4) is 0 Å². The molecule has 1 aromatic carbocycles. The van der Waals surface area contributed by atoms with Gasteiger partial charge in [0.15, 0.2) is 5.22 Å². The maximum atomic E-state index is 8.83. The summed E-state index contributed by atoms with van der Waals surface area (Å²) < 4.78 is 5.24. The van der Waals surface area contributed by atoms with E-state index in [9.17, 15) is 0 Å². The van der Waals surface area contributed by atoms with E-state index in [1.807, 2.05) is 25.1 Å². The molecule has 0 saturated heterocycles. The van der Waals surface area contributed by atoms with Crippen LogP contribution in [0.5, 0.6) is 0 Å². The van der Waals surface area contributed by atoms with Gasteiger partial charge in [-0.1, -0.05) is 6.07 Å². The third-order valence-corrected chi connectivity index (χ3v) is 2.65. The molecule has 0 aliphatic carbocycles. The summed E-state index contributed by atoms with van der Waals surface area (Å²) in [5, 5.41) is 12.4. The molecule has 0 atom stereocenters. The fourth-order valence-corrected chi connectivity index (χ4v) is 1.67. The quantitative estimate of drug-likeness (QED) is 0.898. The highest BCUT2D eigenvalue weighted by molar-refractivity contribution is 6.28. The zero-order valence-electron chi connectivity index (χ0n) is 9.33. The Bertz CT molecular complexity index is 569. The van der Waals surface area contributed by atoms with E-state index in [-0.39, 0.29) is 0 Å². The highest BCUT2D eigenvalue weighted by Gasteiger charge is 2.02.